The molecule has 3 N–H and O–H groups in total. The lowest BCUT2D eigenvalue weighted by atomic mass is 9.85. The summed E-state index contributed by atoms with van der Waals surface area (Å²) < 4.78 is 11.1. The Morgan fingerprint density at radius 3 is 2.44 bits per heavy atom. The van der Waals surface area contributed by atoms with Gasteiger partial charge in [0.05, 0.1) is 46.8 Å². The number of hydrogen-bond acceptors (Lipinski definition) is 7. The predicted molar refractivity (Wildman–Crippen MR) is 153 cm³/mol. The number of hydrogen-bond donors (Lipinski definition) is 3. The summed E-state index contributed by atoms with van der Waals surface area (Å²) in [5.41, 5.74) is 4.76. The fourth-order valence-corrected chi connectivity index (χ4v) is 5.11. The average Bonchev–Trinajstić information content (AvgIpc) is 3.45. The molecule has 0 aliphatic carbocycles. The number of dihydropyridines is 1. The van der Waals surface area contributed by atoms with Crippen molar-refractivity contribution in [3.63, 3.8) is 0 Å². The topological polar surface area (TPSA) is 116 Å². The average molecular weight is 543 g/mol. The molecule has 39 heavy (non-hydrogen) atoms. The van der Waals surface area contributed by atoms with Gasteiger partial charge in [-0.15, -0.1) is 0 Å². The van der Waals surface area contributed by atoms with Gasteiger partial charge in [-0.05, 0) is 87.4 Å². The molecule has 0 bridgehead atoms. The molecule has 0 radical (unpaired) electrons. The number of ether oxygens (including phenoxy) is 1. The number of benzene rings is 2. The summed E-state index contributed by atoms with van der Waals surface area (Å²) in [6.45, 7) is 8.22. The monoisotopic (exact) mass is 542 g/mol. The molecule has 0 saturated carbocycles. The lowest BCUT2D eigenvalue weighted by Crippen LogP contribution is -2.31. The second kappa shape index (κ2) is 12.4. The number of carbonyl (C=O) groups is 2. The Hall–Kier alpha value is -4.42. The van der Waals surface area contributed by atoms with Gasteiger partial charge in [0.25, 0.3) is 5.91 Å². The first-order valence-corrected chi connectivity index (χ1v) is 13.5. The maximum Gasteiger partial charge on any atom is 0.254 e. The van der Waals surface area contributed by atoms with E-state index in [0.717, 1.165) is 11.1 Å². The maximum absolute atomic E-state index is 13.5. The number of nitrogens with zero attached hydrogens (tertiary/aromatic N) is 1. The molecule has 1 atom stereocenters. The summed E-state index contributed by atoms with van der Waals surface area (Å²) >= 11 is 1.21. The number of anilines is 2. The third-order valence-electron chi connectivity index (χ3n) is 6.28. The van der Waals surface area contributed by atoms with Crippen LogP contribution in [0.2, 0.25) is 0 Å². The molecule has 2 aromatic carbocycles. The fraction of sp³-hybridized carbons (Fsp3) is 0.233. The molecule has 200 valence electrons. The number of furan rings is 1. The van der Waals surface area contributed by atoms with E-state index >= 15 is 0 Å². The minimum atomic E-state index is -0.737. The summed E-state index contributed by atoms with van der Waals surface area (Å²) in [5, 5.41) is 19.7. The summed E-state index contributed by atoms with van der Waals surface area (Å²) in [5.74, 6) is -0.0653. The van der Waals surface area contributed by atoms with Gasteiger partial charge in [0.2, 0.25) is 5.91 Å². The van der Waals surface area contributed by atoms with Crippen LogP contribution in [-0.4, -0.2) is 24.2 Å². The molecule has 0 unspecified atom stereocenters. The third kappa shape index (κ3) is 6.54. The number of nitrogens with one attached hydrogen (secondary N) is 3. The lowest BCUT2D eigenvalue weighted by Gasteiger charge is -2.28. The molecular weight excluding hydrogens is 512 g/mol. The number of nitriles is 1. The van der Waals surface area contributed by atoms with Gasteiger partial charge in [0.15, 0.2) is 0 Å². The standard InChI is InChI=1S/C30H30N4O4S/c1-5-37-23-12-10-21(11-13-23)34-29(36)27-20(4)32-30(24(16-31)28(27)25-7-6-14-38-25)39-17-26(35)33-22-9-8-18(2)19(3)15-22/h6-15,28,32H,5,17H2,1-4H3,(H,33,35)(H,34,36)/t28-/m0/s1. The van der Waals surface area contributed by atoms with Gasteiger partial charge in [-0.1, -0.05) is 17.8 Å². The molecule has 2 heterocycles. The number of rotatable bonds is 9. The normalized spacial score (nSPS) is 14.9. The third-order valence-corrected chi connectivity index (χ3v) is 7.30. The SMILES string of the molecule is CCOc1ccc(NC(=O)C2=C(C)NC(SCC(=O)Nc3ccc(C)c(C)c3)=C(C#N)[C@H]2c2ccco2)cc1. The van der Waals surface area contributed by atoms with E-state index < -0.39 is 5.92 Å². The highest BCUT2D eigenvalue weighted by Gasteiger charge is 2.36. The highest BCUT2D eigenvalue weighted by atomic mass is 32.2. The Morgan fingerprint density at radius 2 is 1.79 bits per heavy atom. The number of amides is 2. The lowest BCUT2D eigenvalue weighted by molar-refractivity contribution is -0.114. The summed E-state index contributed by atoms with van der Waals surface area (Å²) in [4.78, 5) is 26.2. The van der Waals surface area contributed by atoms with Crippen LogP contribution in [0.5, 0.6) is 5.75 Å². The first kappa shape index (κ1) is 27.6. The first-order chi connectivity index (χ1) is 18.8. The number of thioether (sulfide) groups is 1. The Bertz CT molecular complexity index is 1470. The van der Waals surface area contributed by atoms with Crippen LogP contribution < -0.4 is 20.7 Å². The van der Waals surface area contributed by atoms with Gasteiger partial charge < -0.3 is 25.1 Å². The number of aryl methyl sites for hydroxylation is 2. The molecule has 8 nitrogen and oxygen atoms in total. The molecule has 1 aromatic heterocycles. The summed E-state index contributed by atoms with van der Waals surface area (Å²) in [7, 11) is 0. The molecule has 0 spiro atoms. The highest BCUT2D eigenvalue weighted by molar-refractivity contribution is 8.03. The zero-order valence-corrected chi connectivity index (χ0v) is 23.1. The van der Waals surface area contributed by atoms with Gasteiger partial charge in [0, 0.05) is 17.1 Å². The molecule has 4 rings (SSSR count). The Kier molecular flexibility index (Phi) is 8.79. The van der Waals surface area contributed by atoms with Crippen LogP contribution in [0.25, 0.3) is 0 Å². The maximum atomic E-state index is 13.5. The van der Waals surface area contributed by atoms with Crippen LogP contribution >= 0.6 is 11.8 Å². The quantitative estimate of drug-likeness (QED) is 0.304. The van der Waals surface area contributed by atoms with Crippen molar-refractivity contribution >= 4 is 35.0 Å². The zero-order valence-electron chi connectivity index (χ0n) is 22.3. The van der Waals surface area contributed by atoms with Gasteiger partial charge >= 0.3 is 0 Å². The molecule has 0 saturated heterocycles. The van der Waals surface area contributed by atoms with Crippen LogP contribution in [0.1, 0.15) is 36.7 Å². The molecule has 0 fully saturated rings. The van der Waals surface area contributed by atoms with Crippen LogP contribution in [0.3, 0.4) is 0 Å². The van der Waals surface area contributed by atoms with E-state index in [0.29, 0.717) is 51.4 Å². The van der Waals surface area contributed by atoms with E-state index in [-0.39, 0.29) is 17.6 Å². The van der Waals surface area contributed by atoms with Gasteiger partial charge in [-0.3, -0.25) is 9.59 Å². The van der Waals surface area contributed by atoms with Crippen molar-refractivity contribution in [3.8, 4) is 11.8 Å². The van der Waals surface area contributed by atoms with Gasteiger partial charge in [-0.25, -0.2) is 0 Å². The smallest absolute Gasteiger partial charge is 0.254 e. The highest BCUT2D eigenvalue weighted by Crippen LogP contribution is 2.41. The molecule has 3 aromatic rings. The van der Waals surface area contributed by atoms with Crippen molar-refractivity contribution < 1.29 is 18.7 Å². The van der Waals surface area contributed by atoms with Crippen molar-refractivity contribution in [1.82, 2.24) is 5.32 Å². The van der Waals surface area contributed by atoms with Crippen molar-refractivity contribution in [2.24, 2.45) is 0 Å². The number of allylic oxidation sites excluding steroid dienone is 2. The van der Waals surface area contributed by atoms with Gasteiger partial charge in [0.1, 0.15) is 11.5 Å². The Labute approximate surface area is 232 Å². The van der Waals surface area contributed by atoms with Crippen LogP contribution in [0.4, 0.5) is 11.4 Å². The fourth-order valence-electron chi connectivity index (χ4n) is 4.22. The summed E-state index contributed by atoms with van der Waals surface area (Å²) in [6.07, 6.45) is 1.51. The van der Waals surface area contributed by atoms with Crippen LogP contribution in [-0.2, 0) is 9.59 Å². The van der Waals surface area contributed by atoms with Gasteiger partial charge in [-0.2, -0.15) is 5.26 Å². The molecule has 9 heteroatoms. The van der Waals surface area contributed by atoms with Crippen molar-refractivity contribution in [2.45, 2.75) is 33.6 Å². The molecule has 1 aliphatic heterocycles. The predicted octanol–water partition coefficient (Wildman–Crippen LogP) is 6.00. The largest absolute Gasteiger partial charge is 0.494 e. The Morgan fingerprint density at radius 1 is 1.05 bits per heavy atom. The minimum Gasteiger partial charge on any atom is -0.494 e. The summed E-state index contributed by atoms with van der Waals surface area (Å²) in [6, 6.07) is 18.5. The van der Waals surface area contributed by atoms with E-state index in [1.54, 1.807) is 43.3 Å². The van der Waals surface area contributed by atoms with Crippen LogP contribution in [0.15, 0.2) is 87.1 Å². The first-order valence-electron chi connectivity index (χ1n) is 12.5. The van der Waals surface area contributed by atoms with E-state index in [1.807, 2.05) is 39.0 Å². The van der Waals surface area contributed by atoms with Crippen LogP contribution in [0, 0.1) is 25.2 Å². The van der Waals surface area contributed by atoms with Crippen molar-refractivity contribution in [1.29, 1.82) is 5.26 Å². The molecular formula is C30H30N4O4S. The van der Waals surface area contributed by atoms with E-state index in [9.17, 15) is 14.9 Å². The second-order valence-electron chi connectivity index (χ2n) is 9.01. The minimum absolute atomic E-state index is 0.0757. The zero-order chi connectivity index (χ0) is 27.9. The second-order valence-corrected chi connectivity index (χ2v) is 10.00. The van der Waals surface area contributed by atoms with E-state index in [1.165, 1.54) is 18.0 Å². The van der Waals surface area contributed by atoms with Crippen molar-refractivity contribution in [2.75, 3.05) is 23.0 Å². The van der Waals surface area contributed by atoms with E-state index in [4.69, 9.17) is 9.15 Å². The van der Waals surface area contributed by atoms with Crippen molar-refractivity contribution in [3.05, 3.63) is 99.6 Å². The van der Waals surface area contributed by atoms with E-state index in [2.05, 4.69) is 22.0 Å². The Balaban J connectivity index is 1.55. The molecule has 2 amide bonds. The molecule has 1 aliphatic rings. The number of carbonyl (C=O) groups excluding carboxylic acids is 2.